The van der Waals surface area contributed by atoms with Crippen LogP contribution < -0.4 is 0 Å². The lowest BCUT2D eigenvalue weighted by molar-refractivity contribution is -0.141. The summed E-state index contributed by atoms with van der Waals surface area (Å²) in [6.45, 7) is 5.57. The molecular weight excluding hydrogens is 276 g/mol. The van der Waals surface area contributed by atoms with E-state index < -0.39 is 0 Å². The summed E-state index contributed by atoms with van der Waals surface area (Å²) in [7, 11) is 0. The summed E-state index contributed by atoms with van der Waals surface area (Å²) in [6, 6.07) is 0. The molecule has 0 aliphatic heterocycles. The van der Waals surface area contributed by atoms with Crippen molar-refractivity contribution in [3.8, 4) is 0 Å². The van der Waals surface area contributed by atoms with E-state index in [-0.39, 0.29) is 22.2 Å². The van der Waals surface area contributed by atoms with Crippen LogP contribution in [0.2, 0.25) is 0 Å². The zero-order chi connectivity index (χ0) is 8.85. The van der Waals surface area contributed by atoms with Gasteiger partial charge in [-0.05, 0) is 0 Å². The molecule has 2 atom stereocenters. The molecule has 64 valence electrons. The van der Waals surface area contributed by atoms with Crippen molar-refractivity contribution in [3.63, 3.8) is 0 Å². The minimum absolute atomic E-state index is 0.0693. The van der Waals surface area contributed by atoms with E-state index in [1.807, 2.05) is 6.92 Å². The van der Waals surface area contributed by atoms with E-state index in [0.717, 1.165) is 0 Å². The van der Waals surface area contributed by atoms with E-state index in [1.165, 1.54) is 6.08 Å². The van der Waals surface area contributed by atoms with Gasteiger partial charge in [-0.3, -0.25) is 4.79 Å². The van der Waals surface area contributed by atoms with Crippen molar-refractivity contribution < 1.29 is 9.53 Å². The van der Waals surface area contributed by atoms with Gasteiger partial charge in [0.05, 0.1) is 0 Å². The van der Waals surface area contributed by atoms with E-state index >= 15 is 0 Å². The minimum atomic E-state index is -0.289. The second-order valence-electron chi connectivity index (χ2n) is 2.00. The molecule has 0 aromatic carbocycles. The van der Waals surface area contributed by atoms with Gasteiger partial charge in [0.2, 0.25) is 0 Å². The molecule has 0 aliphatic carbocycles. The number of halogens is 2. The highest BCUT2D eigenvalue weighted by Gasteiger charge is 2.20. The lowest BCUT2D eigenvalue weighted by atomic mass is 10.3. The summed E-state index contributed by atoms with van der Waals surface area (Å²) in [6.07, 6.45) is 1.54. The first-order valence-corrected chi connectivity index (χ1v) is 4.98. The summed E-state index contributed by atoms with van der Waals surface area (Å²) in [5.41, 5.74) is 0. The van der Waals surface area contributed by atoms with Gasteiger partial charge in [-0.1, -0.05) is 51.4 Å². The van der Waals surface area contributed by atoms with Gasteiger partial charge in [0.25, 0.3) is 0 Å². The lowest BCUT2D eigenvalue weighted by Gasteiger charge is -2.10. The van der Waals surface area contributed by atoms with E-state index in [0.29, 0.717) is 0 Å². The van der Waals surface area contributed by atoms with Gasteiger partial charge in [0.1, 0.15) is 11.4 Å². The third-order valence-electron chi connectivity index (χ3n) is 0.972. The minimum Gasteiger partial charge on any atom is -0.461 e. The fourth-order valence-electron chi connectivity index (χ4n) is 0.408. The number of carbonyl (C=O) groups is 1. The highest BCUT2D eigenvalue weighted by atomic mass is 79.9. The maximum Gasteiger partial charge on any atom is 0.321 e. The largest absolute Gasteiger partial charge is 0.461 e. The molecule has 2 unspecified atom stereocenters. The molecule has 2 nitrogen and oxygen atoms in total. The zero-order valence-corrected chi connectivity index (χ0v) is 9.39. The summed E-state index contributed by atoms with van der Waals surface area (Å²) in [4.78, 5) is 10.8. The van der Waals surface area contributed by atoms with Crippen LogP contribution in [-0.4, -0.2) is 22.2 Å². The second kappa shape index (κ2) is 5.77. The average Bonchev–Trinajstić information content (AvgIpc) is 1.98. The monoisotopic (exact) mass is 284 g/mol. The fourth-order valence-corrected chi connectivity index (χ4v) is 0.756. The quantitative estimate of drug-likeness (QED) is 0.450. The van der Waals surface area contributed by atoms with Gasteiger partial charge < -0.3 is 4.74 Å². The third kappa shape index (κ3) is 4.58. The van der Waals surface area contributed by atoms with Crippen LogP contribution in [-0.2, 0) is 9.53 Å². The Kier molecular flexibility index (Phi) is 5.86. The van der Waals surface area contributed by atoms with Gasteiger partial charge in [-0.2, -0.15) is 0 Å². The van der Waals surface area contributed by atoms with Crippen LogP contribution in [0.4, 0.5) is 0 Å². The molecule has 0 heterocycles. The van der Waals surface area contributed by atoms with Crippen LogP contribution in [0.15, 0.2) is 12.7 Å². The van der Waals surface area contributed by atoms with Crippen molar-refractivity contribution in [2.24, 2.45) is 0 Å². The van der Waals surface area contributed by atoms with Crippen LogP contribution in [0.3, 0.4) is 0 Å². The Hall–Kier alpha value is 0.170. The van der Waals surface area contributed by atoms with Crippen molar-refractivity contribution in [1.82, 2.24) is 0 Å². The van der Waals surface area contributed by atoms with E-state index in [4.69, 9.17) is 4.74 Å². The van der Waals surface area contributed by atoms with Crippen LogP contribution >= 0.6 is 31.9 Å². The van der Waals surface area contributed by atoms with Crippen molar-refractivity contribution >= 4 is 37.8 Å². The summed E-state index contributed by atoms with van der Waals surface area (Å²) in [5, 5.41) is 0. The Bertz CT molecular complexity index is 145. The zero-order valence-electron chi connectivity index (χ0n) is 6.22. The fraction of sp³-hybridized carbons (Fsp3) is 0.571. The van der Waals surface area contributed by atoms with Crippen LogP contribution in [0.25, 0.3) is 0 Å². The first-order chi connectivity index (χ1) is 5.09. The molecule has 4 heteroatoms. The van der Waals surface area contributed by atoms with E-state index in [2.05, 4.69) is 38.4 Å². The number of rotatable bonds is 4. The third-order valence-corrected chi connectivity index (χ3v) is 3.38. The van der Waals surface area contributed by atoms with Gasteiger partial charge in [-0.25, -0.2) is 0 Å². The molecule has 11 heavy (non-hydrogen) atoms. The first-order valence-electron chi connectivity index (χ1n) is 3.15. The van der Waals surface area contributed by atoms with Crippen molar-refractivity contribution in [2.75, 3.05) is 6.61 Å². The topological polar surface area (TPSA) is 26.3 Å². The lowest BCUT2D eigenvalue weighted by Crippen LogP contribution is -2.24. The Labute approximate surface area is 83.2 Å². The second-order valence-corrected chi connectivity index (χ2v) is 4.43. The molecule has 0 aromatic rings. The summed E-state index contributed by atoms with van der Waals surface area (Å²) < 4.78 is 4.78. The molecule has 0 saturated carbocycles. The van der Waals surface area contributed by atoms with Gasteiger partial charge >= 0.3 is 5.97 Å². The molecule has 0 fully saturated rings. The summed E-state index contributed by atoms with van der Waals surface area (Å²) >= 11 is 6.44. The Morgan fingerprint density at radius 1 is 1.73 bits per heavy atom. The van der Waals surface area contributed by atoms with Gasteiger partial charge in [0, 0.05) is 4.83 Å². The molecule has 0 aliphatic rings. The highest BCUT2D eigenvalue weighted by Crippen LogP contribution is 2.14. The van der Waals surface area contributed by atoms with Crippen LogP contribution in [0.5, 0.6) is 0 Å². The molecule has 0 bridgehead atoms. The molecule has 0 spiro atoms. The highest BCUT2D eigenvalue weighted by molar-refractivity contribution is 9.12. The van der Waals surface area contributed by atoms with Crippen molar-refractivity contribution in [2.45, 2.75) is 16.6 Å². The normalized spacial score (nSPS) is 15.2. The predicted octanol–water partition coefficient (Wildman–Crippen LogP) is 2.26. The number of esters is 1. The Morgan fingerprint density at radius 3 is 2.64 bits per heavy atom. The SMILES string of the molecule is C=CCOC(=O)C(Br)C(C)Br. The number of ether oxygens (including phenoxy) is 1. The van der Waals surface area contributed by atoms with E-state index in [9.17, 15) is 4.79 Å². The molecule has 0 aromatic heterocycles. The number of hydrogen-bond donors (Lipinski definition) is 0. The first kappa shape index (κ1) is 11.2. The number of carbonyl (C=O) groups excluding carboxylic acids is 1. The van der Waals surface area contributed by atoms with Crippen molar-refractivity contribution in [1.29, 1.82) is 0 Å². The van der Waals surface area contributed by atoms with Gasteiger partial charge in [-0.15, -0.1) is 0 Å². The molecule has 0 saturated heterocycles. The molecule has 0 rings (SSSR count). The number of alkyl halides is 2. The van der Waals surface area contributed by atoms with Crippen molar-refractivity contribution in [3.05, 3.63) is 12.7 Å². The maximum absolute atomic E-state index is 11.0. The Morgan fingerprint density at radius 2 is 2.27 bits per heavy atom. The average molecular weight is 286 g/mol. The predicted molar refractivity (Wildman–Crippen MR) is 52.3 cm³/mol. The molecular formula is C7H10Br2O2. The maximum atomic E-state index is 11.0. The standard InChI is InChI=1S/C7H10Br2O2/c1-3-4-11-7(10)6(9)5(2)8/h3,5-6H,1,4H2,2H3. The molecule has 0 N–H and O–H groups in total. The molecule has 0 amide bonds. The van der Waals surface area contributed by atoms with Gasteiger partial charge in [0.15, 0.2) is 0 Å². The number of hydrogen-bond acceptors (Lipinski definition) is 2. The van der Waals surface area contributed by atoms with E-state index in [1.54, 1.807) is 0 Å². The van der Waals surface area contributed by atoms with Crippen LogP contribution in [0.1, 0.15) is 6.92 Å². The summed E-state index contributed by atoms with van der Waals surface area (Å²) in [5.74, 6) is -0.269. The molecule has 0 radical (unpaired) electrons. The Balaban J connectivity index is 3.73. The van der Waals surface area contributed by atoms with Crippen LogP contribution in [0, 0.1) is 0 Å². The smallest absolute Gasteiger partial charge is 0.321 e.